The number of imide groups is 1. The number of alkyl halides is 2. The first-order chi connectivity index (χ1) is 16.8. The monoisotopic (exact) mass is 483 g/mol. The number of aromatic nitrogens is 3. The van der Waals surface area contributed by atoms with Crippen LogP contribution >= 0.6 is 0 Å². The molecule has 0 bridgehead atoms. The first-order valence-electron chi connectivity index (χ1n) is 11.2. The van der Waals surface area contributed by atoms with Gasteiger partial charge in [-0.2, -0.15) is 8.78 Å². The standard InChI is InChI=1S/C24H23F2N5O4/c1-24(2)16-4-3-5-17(30-8-10-34-11-9-30)18(16)22(32)31(23(24)33)13-15-7-6-14(12-27-15)20-28-29-21(35-20)19(25)26/h3-7,12,19H,8-11,13H2,1-2H3. The second-order valence-electron chi connectivity index (χ2n) is 8.90. The van der Waals surface area contributed by atoms with Crippen molar-refractivity contribution in [1.29, 1.82) is 0 Å². The molecular weight excluding hydrogens is 460 g/mol. The molecule has 0 spiro atoms. The summed E-state index contributed by atoms with van der Waals surface area (Å²) in [6, 6.07) is 8.77. The Morgan fingerprint density at radius 2 is 1.86 bits per heavy atom. The van der Waals surface area contributed by atoms with E-state index in [1.807, 2.05) is 32.0 Å². The van der Waals surface area contributed by atoms with E-state index in [1.54, 1.807) is 12.1 Å². The maximum Gasteiger partial charge on any atom is 0.314 e. The molecule has 0 aliphatic carbocycles. The number of rotatable bonds is 5. The normalized spacial score (nSPS) is 17.7. The fourth-order valence-corrected chi connectivity index (χ4v) is 4.42. The SMILES string of the molecule is CC1(C)C(=O)N(Cc2ccc(-c3nnc(C(F)F)o3)cn2)C(=O)c2c(N3CCOCC3)cccc21. The van der Waals surface area contributed by atoms with Crippen LogP contribution in [0.4, 0.5) is 14.5 Å². The van der Waals surface area contributed by atoms with Gasteiger partial charge in [0, 0.05) is 19.3 Å². The van der Waals surface area contributed by atoms with Crippen molar-refractivity contribution in [1.82, 2.24) is 20.1 Å². The van der Waals surface area contributed by atoms with Crippen LogP contribution in [0.2, 0.25) is 0 Å². The van der Waals surface area contributed by atoms with Gasteiger partial charge in [-0.15, -0.1) is 10.2 Å². The van der Waals surface area contributed by atoms with Crippen molar-refractivity contribution in [2.45, 2.75) is 32.2 Å². The molecule has 3 aromatic rings. The van der Waals surface area contributed by atoms with Gasteiger partial charge in [-0.05, 0) is 37.6 Å². The fourth-order valence-electron chi connectivity index (χ4n) is 4.42. The van der Waals surface area contributed by atoms with E-state index in [4.69, 9.17) is 9.15 Å². The fraction of sp³-hybridized carbons (Fsp3) is 0.375. The van der Waals surface area contributed by atoms with Crippen molar-refractivity contribution in [2.75, 3.05) is 31.2 Å². The Bertz CT molecular complexity index is 1270. The van der Waals surface area contributed by atoms with Crippen molar-refractivity contribution >= 4 is 17.5 Å². The van der Waals surface area contributed by atoms with Crippen molar-refractivity contribution in [3.8, 4) is 11.5 Å². The Morgan fingerprint density at radius 3 is 2.51 bits per heavy atom. The van der Waals surface area contributed by atoms with E-state index in [2.05, 4.69) is 20.1 Å². The lowest BCUT2D eigenvalue weighted by molar-refractivity contribution is -0.134. The molecule has 0 unspecified atom stereocenters. The maximum absolute atomic E-state index is 13.7. The molecule has 0 N–H and O–H groups in total. The number of carbonyl (C=O) groups is 2. The lowest BCUT2D eigenvalue weighted by Crippen LogP contribution is -2.52. The van der Waals surface area contributed by atoms with Crippen LogP contribution in [0, 0.1) is 0 Å². The summed E-state index contributed by atoms with van der Waals surface area (Å²) in [5.41, 5.74) is 1.89. The van der Waals surface area contributed by atoms with Gasteiger partial charge in [0.2, 0.25) is 11.8 Å². The number of anilines is 1. The van der Waals surface area contributed by atoms with Gasteiger partial charge in [0.05, 0.1) is 47.7 Å². The Morgan fingerprint density at radius 1 is 1.09 bits per heavy atom. The summed E-state index contributed by atoms with van der Waals surface area (Å²) in [5, 5.41) is 6.91. The second-order valence-corrected chi connectivity index (χ2v) is 8.90. The van der Waals surface area contributed by atoms with Crippen molar-refractivity contribution in [3.05, 3.63) is 59.2 Å². The first kappa shape index (κ1) is 23.0. The average molecular weight is 483 g/mol. The van der Waals surface area contributed by atoms with E-state index in [1.165, 1.54) is 11.1 Å². The van der Waals surface area contributed by atoms with Crippen LogP contribution in [0.1, 0.15) is 47.8 Å². The molecule has 9 nitrogen and oxygen atoms in total. The maximum atomic E-state index is 13.7. The average Bonchev–Trinajstić information content (AvgIpc) is 3.37. The predicted molar refractivity (Wildman–Crippen MR) is 120 cm³/mol. The van der Waals surface area contributed by atoms with Crippen LogP contribution < -0.4 is 4.90 Å². The van der Waals surface area contributed by atoms with Crippen LogP contribution in [0.5, 0.6) is 0 Å². The molecule has 1 fully saturated rings. The highest BCUT2D eigenvalue weighted by Crippen LogP contribution is 2.39. The van der Waals surface area contributed by atoms with Crippen molar-refractivity contribution in [2.24, 2.45) is 0 Å². The third kappa shape index (κ3) is 4.05. The number of amides is 2. The zero-order chi connectivity index (χ0) is 24.7. The number of carbonyl (C=O) groups excluding carboxylic acids is 2. The highest BCUT2D eigenvalue weighted by Gasteiger charge is 2.46. The summed E-state index contributed by atoms with van der Waals surface area (Å²) in [5.74, 6) is -1.56. The second kappa shape index (κ2) is 8.81. The molecule has 11 heteroatoms. The smallest absolute Gasteiger partial charge is 0.314 e. The number of benzene rings is 1. The highest BCUT2D eigenvalue weighted by molar-refractivity contribution is 6.15. The van der Waals surface area contributed by atoms with Gasteiger partial charge >= 0.3 is 6.43 Å². The van der Waals surface area contributed by atoms with Gasteiger partial charge in [0.15, 0.2) is 0 Å². The van der Waals surface area contributed by atoms with E-state index in [9.17, 15) is 18.4 Å². The largest absolute Gasteiger partial charge is 0.415 e. The summed E-state index contributed by atoms with van der Waals surface area (Å²) in [7, 11) is 0. The summed E-state index contributed by atoms with van der Waals surface area (Å²) in [4.78, 5) is 34.7. The van der Waals surface area contributed by atoms with Crippen LogP contribution in [0.3, 0.4) is 0 Å². The molecule has 0 atom stereocenters. The van der Waals surface area contributed by atoms with Crippen LogP contribution in [-0.4, -0.2) is 58.2 Å². The van der Waals surface area contributed by atoms with Gasteiger partial charge in [-0.1, -0.05) is 12.1 Å². The van der Waals surface area contributed by atoms with Crippen molar-refractivity contribution < 1.29 is 27.5 Å². The minimum atomic E-state index is -2.87. The molecule has 182 valence electrons. The van der Waals surface area contributed by atoms with E-state index in [0.29, 0.717) is 48.7 Å². The molecule has 0 saturated carbocycles. The number of fused-ring (bicyclic) bond motifs is 1. The van der Waals surface area contributed by atoms with E-state index in [-0.39, 0.29) is 24.2 Å². The van der Waals surface area contributed by atoms with Crippen molar-refractivity contribution in [3.63, 3.8) is 0 Å². The van der Waals surface area contributed by atoms with Gasteiger partial charge in [-0.25, -0.2) is 0 Å². The van der Waals surface area contributed by atoms with Gasteiger partial charge < -0.3 is 14.1 Å². The number of ether oxygens (including phenoxy) is 1. The number of pyridine rings is 1. The van der Waals surface area contributed by atoms with E-state index < -0.39 is 17.7 Å². The minimum Gasteiger partial charge on any atom is -0.415 e. The molecule has 1 saturated heterocycles. The number of morpholine rings is 1. The molecule has 2 aliphatic rings. The number of hydrogen-bond donors (Lipinski definition) is 0. The molecule has 4 heterocycles. The van der Waals surface area contributed by atoms with Gasteiger partial charge in [0.1, 0.15) is 0 Å². The summed E-state index contributed by atoms with van der Waals surface area (Å²) in [6.07, 6.45) is -1.48. The zero-order valence-corrected chi connectivity index (χ0v) is 19.2. The molecule has 2 aromatic heterocycles. The van der Waals surface area contributed by atoms with E-state index in [0.717, 1.165) is 5.69 Å². The Labute approximate surface area is 199 Å². The lowest BCUT2D eigenvalue weighted by atomic mass is 9.76. The van der Waals surface area contributed by atoms with Crippen LogP contribution in [-0.2, 0) is 21.5 Å². The first-order valence-corrected chi connectivity index (χ1v) is 11.2. The lowest BCUT2D eigenvalue weighted by Gasteiger charge is -2.40. The summed E-state index contributed by atoms with van der Waals surface area (Å²) >= 11 is 0. The molecule has 0 radical (unpaired) electrons. The zero-order valence-electron chi connectivity index (χ0n) is 19.2. The van der Waals surface area contributed by atoms with Crippen LogP contribution in [0.15, 0.2) is 40.9 Å². The summed E-state index contributed by atoms with van der Waals surface area (Å²) in [6.45, 7) is 6.03. The molecular formula is C24H23F2N5O4. The topological polar surface area (TPSA) is 102 Å². The Kier molecular flexibility index (Phi) is 5.79. The Balaban J connectivity index is 1.44. The molecule has 35 heavy (non-hydrogen) atoms. The van der Waals surface area contributed by atoms with E-state index >= 15 is 0 Å². The van der Waals surface area contributed by atoms with Gasteiger partial charge in [0.25, 0.3) is 11.8 Å². The number of halogens is 2. The number of nitrogens with zero attached hydrogens (tertiary/aromatic N) is 5. The van der Waals surface area contributed by atoms with Crippen LogP contribution in [0.25, 0.3) is 11.5 Å². The minimum absolute atomic E-state index is 0.0373. The Hall–Kier alpha value is -3.73. The quantitative estimate of drug-likeness (QED) is 0.509. The predicted octanol–water partition coefficient (Wildman–Crippen LogP) is 3.37. The summed E-state index contributed by atoms with van der Waals surface area (Å²) < 4.78 is 35.8. The third-order valence-corrected chi connectivity index (χ3v) is 6.33. The molecule has 2 amide bonds. The molecule has 1 aromatic carbocycles. The van der Waals surface area contributed by atoms with Gasteiger partial charge in [-0.3, -0.25) is 19.5 Å². The molecule has 2 aliphatic heterocycles. The molecule has 5 rings (SSSR count). The number of hydrogen-bond acceptors (Lipinski definition) is 8. The third-order valence-electron chi connectivity index (χ3n) is 6.33. The highest BCUT2D eigenvalue weighted by atomic mass is 19.3.